The van der Waals surface area contributed by atoms with Gasteiger partial charge in [-0.3, -0.25) is 4.79 Å². The van der Waals surface area contributed by atoms with Crippen molar-refractivity contribution >= 4 is 28.0 Å². The number of hydrogen-bond acceptors (Lipinski definition) is 4. The van der Waals surface area contributed by atoms with Crippen LogP contribution in [0.4, 0.5) is 0 Å². The predicted octanol–water partition coefficient (Wildman–Crippen LogP) is 1.44. The summed E-state index contributed by atoms with van der Waals surface area (Å²) in [5, 5.41) is 13.6. The van der Waals surface area contributed by atoms with Gasteiger partial charge in [0.15, 0.2) is 11.6 Å². The second kappa shape index (κ2) is 3.96. The number of hydrogen-bond donors (Lipinski definition) is 1. The van der Waals surface area contributed by atoms with E-state index in [2.05, 4.69) is 5.10 Å². The first-order chi connectivity index (χ1) is 9.41. The Kier molecular flexibility index (Phi) is 2.47. The summed E-state index contributed by atoms with van der Waals surface area (Å²) in [5.41, 5.74) is 1.34. The molecule has 3 aromatic heterocycles. The number of carboxylic acid groups (broad SMARTS) is 1. The van der Waals surface area contributed by atoms with E-state index in [1.165, 1.54) is 13.1 Å². The Labute approximate surface area is 113 Å². The highest BCUT2D eigenvalue weighted by Gasteiger charge is 2.21. The molecule has 0 aliphatic heterocycles. The average molecular weight is 275 g/mol. The molecule has 3 aromatic rings. The third-order valence-electron chi connectivity index (χ3n) is 3.48. The lowest BCUT2D eigenvalue weighted by Crippen LogP contribution is -2.30. The minimum atomic E-state index is -1.10. The quantitative estimate of drug-likeness (QED) is 0.764. The molecule has 1 unspecified atom stereocenters. The van der Waals surface area contributed by atoms with Crippen molar-refractivity contribution in [1.29, 1.82) is 0 Å². The van der Waals surface area contributed by atoms with E-state index in [1.807, 2.05) is 13.0 Å². The number of aromatic nitrogens is 3. The first-order valence-corrected chi connectivity index (χ1v) is 6.11. The summed E-state index contributed by atoms with van der Waals surface area (Å²) in [5.74, 6) is -0.358. The van der Waals surface area contributed by atoms with Crippen LogP contribution in [0.25, 0.3) is 22.0 Å². The number of aliphatic carboxylic acids is 1. The molecular formula is C13H13N3O4. The molecule has 0 amide bonds. The number of fused-ring (bicyclic) bond motifs is 3. The topological polar surface area (TPSA) is 90.3 Å². The molecule has 3 rings (SSSR count). The number of rotatable bonds is 2. The molecule has 0 saturated heterocycles. The smallest absolute Gasteiger partial charge is 0.328 e. The van der Waals surface area contributed by atoms with E-state index in [0.29, 0.717) is 16.5 Å². The molecular weight excluding hydrogens is 262 g/mol. The summed E-state index contributed by atoms with van der Waals surface area (Å²) < 4.78 is 8.25. The fraction of sp³-hybridized carbons (Fsp3) is 0.308. The molecule has 0 fully saturated rings. The molecule has 7 nitrogen and oxygen atoms in total. The van der Waals surface area contributed by atoms with Crippen LogP contribution >= 0.6 is 0 Å². The zero-order chi connectivity index (χ0) is 14.6. The van der Waals surface area contributed by atoms with Gasteiger partial charge in [-0.05, 0) is 13.8 Å². The Morgan fingerprint density at radius 3 is 2.85 bits per heavy atom. The van der Waals surface area contributed by atoms with Gasteiger partial charge in [0.25, 0.3) is 5.56 Å². The van der Waals surface area contributed by atoms with Gasteiger partial charge in [-0.1, -0.05) is 0 Å². The molecule has 0 radical (unpaired) electrons. The Bertz CT molecular complexity index is 900. The van der Waals surface area contributed by atoms with E-state index in [0.717, 1.165) is 16.0 Å². The van der Waals surface area contributed by atoms with E-state index in [-0.39, 0.29) is 0 Å². The average Bonchev–Trinajstić information content (AvgIpc) is 2.88. The van der Waals surface area contributed by atoms with Gasteiger partial charge in [-0.15, -0.1) is 0 Å². The van der Waals surface area contributed by atoms with Crippen LogP contribution in [0.5, 0.6) is 0 Å². The Balaban J connectivity index is 2.42. The van der Waals surface area contributed by atoms with Crippen molar-refractivity contribution in [1.82, 2.24) is 14.3 Å². The van der Waals surface area contributed by atoms with Crippen molar-refractivity contribution in [3.05, 3.63) is 28.4 Å². The summed E-state index contributed by atoms with van der Waals surface area (Å²) in [4.78, 5) is 23.4. The van der Waals surface area contributed by atoms with Crippen LogP contribution in [0.3, 0.4) is 0 Å². The van der Waals surface area contributed by atoms with Crippen molar-refractivity contribution in [3.63, 3.8) is 0 Å². The van der Waals surface area contributed by atoms with Crippen LogP contribution in [-0.4, -0.2) is 25.4 Å². The van der Waals surface area contributed by atoms with Crippen LogP contribution < -0.4 is 5.56 Å². The maximum Gasteiger partial charge on any atom is 0.328 e. The van der Waals surface area contributed by atoms with Gasteiger partial charge in [-0.2, -0.15) is 5.10 Å². The van der Waals surface area contributed by atoms with Gasteiger partial charge in [0, 0.05) is 13.1 Å². The van der Waals surface area contributed by atoms with E-state index in [1.54, 1.807) is 11.6 Å². The molecule has 7 heteroatoms. The monoisotopic (exact) mass is 275 g/mol. The highest BCUT2D eigenvalue weighted by Crippen LogP contribution is 2.28. The van der Waals surface area contributed by atoms with Crippen LogP contribution in [0.2, 0.25) is 0 Å². The number of furan rings is 1. The Morgan fingerprint density at radius 1 is 1.50 bits per heavy atom. The van der Waals surface area contributed by atoms with Gasteiger partial charge >= 0.3 is 5.97 Å². The molecule has 0 spiro atoms. The first-order valence-electron chi connectivity index (χ1n) is 6.11. The number of carbonyl (C=O) groups is 1. The summed E-state index contributed by atoms with van der Waals surface area (Å²) in [6.45, 7) is 3.24. The number of nitrogens with zero attached hydrogens (tertiary/aromatic N) is 3. The van der Waals surface area contributed by atoms with E-state index in [4.69, 9.17) is 9.52 Å². The van der Waals surface area contributed by atoms with Crippen molar-refractivity contribution in [2.45, 2.75) is 19.9 Å². The zero-order valence-electron chi connectivity index (χ0n) is 11.2. The highest BCUT2D eigenvalue weighted by molar-refractivity contribution is 6.04. The van der Waals surface area contributed by atoms with Crippen molar-refractivity contribution in [2.24, 2.45) is 7.05 Å². The largest absolute Gasteiger partial charge is 0.480 e. The van der Waals surface area contributed by atoms with Gasteiger partial charge in [0.05, 0.1) is 17.1 Å². The minimum Gasteiger partial charge on any atom is -0.480 e. The molecule has 0 bridgehead atoms. The van der Waals surface area contributed by atoms with E-state index in [9.17, 15) is 9.59 Å². The molecule has 0 aliphatic carbocycles. The summed E-state index contributed by atoms with van der Waals surface area (Å²) in [6, 6.07) is 0.814. The number of carboxylic acids is 1. The fourth-order valence-corrected chi connectivity index (χ4v) is 2.39. The van der Waals surface area contributed by atoms with Gasteiger partial charge < -0.3 is 14.1 Å². The second-order valence-electron chi connectivity index (χ2n) is 4.80. The fourth-order valence-electron chi connectivity index (χ4n) is 2.39. The van der Waals surface area contributed by atoms with Gasteiger partial charge in [0.1, 0.15) is 11.3 Å². The third-order valence-corrected chi connectivity index (χ3v) is 3.48. The maximum absolute atomic E-state index is 12.4. The zero-order valence-corrected chi connectivity index (χ0v) is 11.2. The van der Waals surface area contributed by atoms with Crippen LogP contribution in [0, 0.1) is 6.92 Å². The Morgan fingerprint density at radius 2 is 2.20 bits per heavy atom. The summed E-state index contributed by atoms with van der Waals surface area (Å²) >= 11 is 0. The highest BCUT2D eigenvalue weighted by atomic mass is 16.4. The summed E-state index contributed by atoms with van der Waals surface area (Å²) in [6.07, 6.45) is 1.47. The van der Waals surface area contributed by atoms with E-state index < -0.39 is 17.6 Å². The summed E-state index contributed by atoms with van der Waals surface area (Å²) in [7, 11) is 1.75. The van der Waals surface area contributed by atoms with Gasteiger partial charge in [0.2, 0.25) is 0 Å². The van der Waals surface area contributed by atoms with E-state index >= 15 is 0 Å². The van der Waals surface area contributed by atoms with Crippen LogP contribution in [0.15, 0.2) is 21.5 Å². The molecule has 20 heavy (non-hydrogen) atoms. The lowest BCUT2D eigenvalue weighted by atomic mass is 10.3. The molecule has 1 N–H and O–H groups in total. The van der Waals surface area contributed by atoms with Crippen molar-refractivity contribution in [3.8, 4) is 0 Å². The Hall–Kier alpha value is -2.57. The molecule has 0 aliphatic rings. The molecule has 0 saturated carbocycles. The predicted molar refractivity (Wildman–Crippen MR) is 71.8 cm³/mol. The second-order valence-corrected chi connectivity index (χ2v) is 4.80. The third kappa shape index (κ3) is 1.49. The lowest BCUT2D eigenvalue weighted by Gasteiger charge is -2.09. The van der Waals surface area contributed by atoms with Crippen molar-refractivity contribution in [2.75, 3.05) is 0 Å². The van der Waals surface area contributed by atoms with Gasteiger partial charge in [-0.25, -0.2) is 9.48 Å². The molecule has 1 atom stereocenters. The van der Waals surface area contributed by atoms with Crippen LogP contribution in [0.1, 0.15) is 18.7 Å². The molecule has 3 heterocycles. The van der Waals surface area contributed by atoms with Crippen LogP contribution in [-0.2, 0) is 11.8 Å². The van der Waals surface area contributed by atoms with Crippen molar-refractivity contribution < 1.29 is 14.3 Å². The minimum absolute atomic E-state index is 0.391. The molecule has 104 valence electrons. The molecule has 0 aromatic carbocycles. The standard InChI is InChI=1S/C13H13N3O4/c1-6-4-9-11(20-6)8-5-14-16(7(2)13(18)19)12(17)10(8)15(9)3/h4-5,7H,1-3H3,(H,18,19). The lowest BCUT2D eigenvalue weighted by molar-refractivity contribution is -0.140. The number of aryl methyl sites for hydroxylation is 2. The first kappa shape index (κ1) is 12.5. The normalized spacial score (nSPS) is 13.2. The maximum atomic E-state index is 12.4. The SMILES string of the molecule is Cc1cc2c(o1)c1cnn(C(C)C(=O)O)c(=O)c1n2C.